The van der Waals surface area contributed by atoms with Gasteiger partial charge < -0.3 is 20.3 Å². The fraction of sp³-hybridized carbons (Fsp3) is 0.391. The lowest BCUT2D eigenvalue weighted by atomic mass is 10.1. The molecule has 0 saturated carbocycles. The molecule has 0 fully saturated rings. The summed E-state index contributed by atoms with van der Waals surface area (Å²) < 4.78 is 19.3. The molecule has 1 unspecified atom stereocenters. The molecular weight excluding hydrogens is 383 g/mol. The number of carbonyl (C=O) groups excluding carboxylic acids is 1. The fourth-order valence-corrected chi connectivity index (χ4v) is 3.37. The average Bonchev–Trinajstić information content (AvgIpc) is 3.19. The van der Waals surface area contributed by atoms with E-state index in [0.29, 0.717) is 45.0 Å². The van der Waals surface area contributed by atoms with Crippen LogP contribution in [-0.4, -0.2) is 43.0 Å². The average molecular weight is 413 g/mol. The molecule has 3 rings (SSSR count). The predicted octanol–water partition coefficient (Wildman–Crippen LogP) is 3.08. The van der Waals surface area contributed by atoms with E-state index in [1.807, 2.05) is 24.0 Å². The van der Waals surface area contributed by atoms with Crippen LogP contribution in [-0.2, 0) is 17.9 Å². The van der Waals surface area contributed by atoms with Crippen LogP contribution >= 0.6 is 0 Å². The maximum Gasteiger partial charge on any atom is 0.223 e. The molecule has 2 aromatic carbocycles. The second-order valence-electron chi connectivity index (χ2n) is 7.36. The molecule has 2 aromatic rings. The number of ether oxygens (including phenoxy) is 1. The highest BCUT2D eigenvalue weighted by atomic mass is 19.1. The quantitative estimate of drug-likeness (QED) is 0.397. The Morgan fingerprint density at radius 2 is 1.80 bits per heavy atom. The van der Waals surface area contributed by atoms with Gasteiger partial charge in [-0.05, 0) is 36.6 Å². The van der Waals surface area contributed by atoms with Crippen LogP contribution in [0.25, 0.3) is 0 Å². The highest BCUT2D eigenvalue weighted by Crippen LogP contribution is 2.22. The minimum atomic E-state index is -0.377. The predicted molar refractivity (Wildman–Crippen MR) is 116 cm³/mol. The number of nitrogens with one attached hydrogen (secondary N) is 2. The fourth-order valence-electron chi connectivity index (χ4n) is 3.37. The van der Waals surface area contributed by atoms with Gasteiger partial charge in [0, 0.05) is 33.1 Å². The van der Waals surface area contributed by atoms with Crippen LogP contribution in [0.1, 0.15) is 30.9 Å². The lowest BCUT2D eigenvalue weighted by molar-refractivity contribution is -0.131. The molecule has 2 N–H and O–H groups in total. The Hall–Kier alpha value is -3.09. The summed E-state index contributed by atoms with van der Waals surface area (Å²) in [7, 11) is 1.68. The number of hydrogen-bond acceptors (Lipinski definition) is 3. The summed E-state index contributed by atoms with van der Waals surface area (Å²) >= 11 is 0. The van der Waals surface area contributed by atoms with Crippen LogP contribution in [0.15, 0.2) is 53.5 Å². The lowest BCUT2D eigenvalue weighted by Gasteiger charge is -2.18. The number of fused-ring (bicyclic) bond motifs is 1. The number of halogens is 1. The van der Waals surface area contributed by atoms with Gasteiger partial charge in [0.1, 0.15) is 6.10 Å². The molecule has 160 valence electrons. The number of aliphatic imine (C=N–C) groups is 1. The van der Waals surface area contributed by atoms with Gasteiger partial charge in [-0.15, -0.1) is 0 Å². The van der Waals surface area contributed by atoms with Crippen molar-refractivity contribution in [1.82, 2.24) is 15.5 Å². The summed E-state index contributed by atoms with van der Waals surface area (Å²) in [5, 5.41) is 6.36. The minimum absolute atomic E-state index is 0.169. The first-order valence-corrected chi connectivity index (χ1v) is 10.3. The first kappa shape index (κ1) is 21.6. The Kier molecular flexibility index (Phi) is 7.65. The Balaban J connectivity index is 1.33. The van der Waals surface area contributed by atoms with E-state index in [-0.39, 0.29) is 23.6 Å². The van der Waals surface area contributed by atoms with Gasteiger partial charge in [-0.1, -0.05) is 36.4 Å². The second-order valence-corrected chi connectivity index (χ2v) is 7.36. The Labute approximate surface area is 177 Å². The number of nitrogens with zero attached hydrogens (tertiary/aromatic N) is 2. The van der Waals surface area contributed by atoms with E-state index < -0.39 is 0 Å². The molecule has 0 aliphatic carbocycles. The lowest BCUT2D eigenvalue weighted by Crippen LogP contribution is -2.42. The Morgan fingerprint density at radius 3 is 2.47 bits per heavy atom. The van der Waals surface area contributed by atoms with E-state index in [1.54, 1.807) is 25.2 Å². The number of amides is 1. The highest BCUT2D eigenvalue weighted by molar-refractivity contribution is 5.80. The number of benzene rings is 2. The van der Waals surface area contributed by atoms with Crippen molar-refractivity contribution in [3.8, 4) is 5.75 Å². The zero-order valence-corrected chi connectivity index (χ0v) is 17.5. The molecule has 1 amide bonds. The molecule has 0 radical (unpaired) electrons. The van der Waals surface area contributed by atoms with Gasteiger partial charge in [0.25, 0.3) is 0 Å². The number of rotatable bonds is 8. The monoisotopic (exact) mass is 412 g/mol. The van der Waals surface area contributed by atoms with Crippen LogP contribution < -0.4 is 15.4 Å². The number of hydrogen-bond donors (Lipinski definition) is 2. The highest BCUT2D eigenvalue weighted by Gasteiger charge is 2.22. The van der Waals surface area contributed by atoms with Gasteiger partial charge >= 0.3 is 0 Å². The molecule has 7 heteroatoms. The summed E-state index contributed by atoms with van der Waals surface area (Å²) in [5.41, 5.74) is 2.47. The molecule has 0 spiro atoms. The smallest absolute Gasteiger partial charge is 0.223 e. The maximum atomic E-state index is 13.7. The first-order chi connectivity index (χ1) is 14.6. The molecule has 0 bridgehead atoms. The van der Waals surface area contributed by atoms with E-state index in [1.165, 1.54) is 17.2 Å². The van der Waals surface area contributed by atoms with Crippen molar-refractivity contribution in [3.63, 3.8) is 0 Å². The standard InChI is InChI=1S/C23H29FN4O2/c1-17(30-21-11-6-5-10-20(21)24)14-27-23(25-2)26-13-7-12-22(29)28-15-18-8-3-4-9-19(18)16-28/h3-6,8-11,17H,7,12-16H2,1-2H3,(H2,25,26,27). The van der Waals surface area contributed by atoms with Gasteiger partial charge in [0.05, 0.1) is 6.54 Å². The van der Waals surface area contributed by atoms with Crippen molar-refractivity contribution in [3.05, 3.63) is 65.5 Å². The summed E-state index contributed by atoms with van der Waals surface area (Å²) in [6, 6.07) is 14.5. The van der Waals surface area contributed by atoms with Crippen LogP contribution in [0.4, 0.5) is 4.39 Å². The molecule has 0 aromatic heterocycles. The number of carbonyl (C=O) groups is 1. The van der Waals surface area contributed by atoms with Gasteiger partial charge in [0.15, 0.2) is 17.5 Å². The summed E-state index contributed by atoms with van der Waals surface area (Å²) in [6.07, 6.45) is 0.970. The Morgan fingerprint density at radius 1 is 1.13 bits per heavy atom. The second kappa shape index (κ2) is 10.6. The summed E-state index contributed by atoms with van der Waals surface area (Å²) in [4.78, 5) is 18.5. The molecular formula is C23H29FN4O2. The zero-order chi connectivity index (χ0) is 21.3. The zero-order valence-electron chi connectivity index (χ0n) is 17.5. The van der Waals surface area contributed by atoms with E-state index in [9.17, 15) is 9.18 Å². The number of para-hydroxylation sites is 1. The third-order valence-corrected chi connectivity index (χ3v) is 5.00. The third-order valence-electron chi connectivity index (χ3n) is 5.00. The largest absolute Gasteiger partial charge is 0.486 e. The maximum absolute atomic E-state index is 13.7. The van der Waals surface area contributed by atoms with Gasteiger partial charge in [-0.25, -0.2) is 4.39 Å². The van der Waals surface area contributed by atoms with E-state index >= 15 is 0 Å². The molecule has 6 nitrogen and oxygen atoms in total. The summed E-state index contributed by atoms with van der Waals surface area (Å²) in [6.45, 7) is 4.37. The van der Waals surface area contributed by atoms with Crippen LogP contribution in [0.3, 0.4) is 0 Å². The molecule has 1 aliphatic rings. The SMILES string of the molecule is CN=C(NCCCC(=O)N1Cc2ccccc2C1)NCC(C)Oc1ccccc1F. The van der Waals surface area contributed by atoms with Crippen molar-refractivity contribution >= 4 is 11.9 Å². The van der Waals surface area contributed by atoms with Crippen molar-refractivity contribution in [1.29, 1.82) is 0 Å². The van der Waals surface area contributed by atoms with E-state index in [0.717, 1.165) is 0 Å². The van der Waals surface area contributed by atoms with E-state index in [2.05, 4.69) is 27.8 Å². The van der Waals surface area contributed by atoms with Crippen LogP contribution in [0.2, 0.25) is 0 Å². The summed E-state index contributed by atoms with van der Waals surface area (Å²) in [5.74, 6) is 0.651. The van der Waals surface area contributed by atoms with Crippen LogP contribution in [0, 0.1) is 5.82 Å². The molecule has 0 saturated heterocycles. The normalized spacial score (nSPS) is 14.2. The van der Waals surface area contributed by atoms with Crippen molar-refractivity contribution in [2.75, 3.05) is 20.1 Å². The Bertz CT molecular complexity index is 862. The topological polar surface area (TPSA) is 66.0 Å². The van der Waals surface area contributed by atoms with Gasteiger partial charge in [-0.2, -0.15) is 0 Å². The molecule has 30 heavy (non-hydrogen) atoms. The third kappa shape index (κ3) is 5.95. The van der Waals surface area contributed by atoms with E-state index in [4.69, 9.17) is 4.74 Å². The van der Waals surface area contributed by atoms with Crippen molar-refractivity contribution < 1.29 is 13.9 Å². The van der Waals surface area contributed by atoms with Crippen LogP contribution in [0.5, 0.6) is 5.75 Å². The number of guanidine groups is 1. The molecule has 1 aliphatic heterocycles. The van der Waals surface area contributed by atoms with Gasteiger partial charge in [-0.3, -0.25) is 9.79 Å². The van der Waals surface area contributed by atoms with Crippen molar-refractivity contribution in [2.45, 2.75) is 39.0 Å². The molecule has 1 atom stereocenters. The first-order valence-electron chi connectivity index (χ1n) is 10.3. The molecule has 1 heterocycles. The van der Waals surface area contributed by atoms with Crippen molar-refractivity contribution in [2.24, 2.45) is 4.99 Å². The van der Waals surface area contributed by atoms with Gasteiger partial charge in [0.2, 0.25) is 5.91 Å². The minimum Gasteiger partial charge on any atom is -0.486 e.